The van der Waals surface area contributed by atoms with Crippen molar-refractivity contribution < 1.29 is 41.6 Å². The van der Waals surface area contributed by atoms with Crippen LogP contribution < -0.4 is 20.1 Å². The number of aromatic nitrogens is 2. The second-order valence-corrected chi connectivity index (χ2v) is 15.2. The molecule has 16 heteroatoms. The summed E-state index contributed by atoms with van der Waals surface area (Å²) in [7, 11) is -3.18. The quantitative estimate of drug-likeness (QED) is 0.200. The Kier molecular flexibility index (Phi) is 12.3. The van der Waals surface area contributed by atoms with Crippen molar-refractivity contribution in [2.24, 2.45) is 10.3 Å². The van der Waals surface area contributed by atoms with Crippen LogP contribution in [0.5, 0.6) is 11.6 Å². The highest BCUT2D eigenvalue weighted by Gasteiger charge is 2.26. The van der Waals surface area contributed by atoms with Gasteiger partial charge in [0.15, 0.2) is 0 Å². The minimum atomic E-state index is -3.18. The van der Waals surface area contributed by atoms with Crippen LogP contribution in [0.25, 0.3) is 11.1 Å². The maximum absolute atomic E-state index is 15.0. The highest BCUT2D eigenvalue weighted by Crippen LogP contribution is 2.34. The Morgan fingerprint density at radius 2 is 1.75 bits per heavy atom. The van der Waals surface area contributed by atoms with Crippen LogP contribution in [-0.4, -0.2) is 74.8 Å². The monoisotopic (exact) mass is 738 g/mol. The van der Waals surface area contributed by atoms with E-state index in [0.29, 0.717) is 36.8 Å². The Bertz CT molecular complexity index is 2000. The number of ether oxygens (including phenoxy) is 2. The Labute approximate surface area is 300 Å². The van der Waals surface area contributed by atoms with Gasteiger partial charge in [-0.05, 0) is 48.6 Å². The number of anilines is 2. The van der Waals surface area contributed by atoms with Gasteiger partial charge in [-0.1, -0.05) is 20.3 Å². The molecule has 0 fully saturated rings. The zero-order chi connectivity index (χ0) is 37.4. The van der Waals surface area contributed by atoms with E-state index in [0.717, 1.165) is 11.1 Å². The molecule has 1 unspecified atom stereocenters. The highest BCUT2D eigenvalue weighted by atomic mass is 32.2. The smallest absolute Gasteiger partial charge is 0.276 e. The molecule has 5 rings (SSSR count). The molecule has 0 spiro atoms. The van der Waals surface area contributed by atoms with Gasteiger partial charge >= 0.3 is 0 Å². The van der Waals surface area contributed by atoms with Crippen LogP contribution in [0.3, 0.4) is 0 Å². The van der Waals surface area contributed by atoms with Crippen LogP contribution in [0.1, 0.15) is 51.5 Å². The second-order valence-electron chi connectivity index (χ2n) is 12.9. The number of carbonyl (C=O) groups is 4. The van der Waals surface area contributed by atoms with E-state index >= 15 is 0 Å². The normalized spacial score (nSPS) is 15.8. The summed E-state index contributed by atoms with van der Waals surface area (Å²) < 4.78 is 58.4. The predicted molar refractivity (Wildman–Crippen MR) is 189 cm³/mol. The highest BCUT2D eigenvalue weighted by molar-refractivity contribution is 7.92. The molecule has 52 heavy (non-hydrogen) atoms. The van der Waals surface area contributed by atoms with Crippen molar-refractivity contribution in [1.29, 1.82) is 0 Å². The van der Waals surface area contributed by atoms with Gasteiger partial charge in [-0.15, -0.1) is 0 Å². The lowest BCUT2D eigenvalue weighted by atomic mass is 10.0. The summed E-state index contributed by atoms with van der Waals surface area (Å²) in [6, 6.07) is 7.42. The molecule has 276 valence electrons. The fourth-order valence-corrected chi connectivity index (χ4v) is 6.96. The summed E-state index contributed by atoms with van der Waals surface area (Å²) in [5.74, 6) is -2.68. The predicted octanol–water partition coefficient (Wildman–Crippen LogP) is 5.08. The van der Waals surface area contributed by atoms with Crippen LogP contribution in [0.15, 0.2) is 59.1 Å². The molecule has 2 aliphatic heterocycles. The first kappa shape index (κ1) is 38.0. The largest absolute Gasteiger partial charge is 0.493 e. The van der Waals surface area contributed by atoms with Gasteiger partial charge in [0.1, 0.15) is 35.1 Å². The van der Waals surface area contributed by atoms with Crippen molar-refractivity contribution in [1.82, 2.24) is 20.2 Å². The lowest BCUT2D eigenvalue weighted by Gasteiger charge is -2.20. The zero-order valence-electron chi connectivity index (χ0n) is 29.0. The number of benzene rings is 1. The molecule has 4 bridgehead atoms. The molecule has 2 aromatic heterocycles. The summed E-state index contributed by atoms with van der Waals surface area (Å²) in [5, 5.41) is 5.73. The number of halogens is 2. The van der Waals surface area contributed by atoms with E-state index < -0.39 is 33.3 Å². The minimum absolute atomic E-state index is 0.120. The van der Waals surface area contributed by atoms with Crippen molar-refractivity contribution in [3.05, 3.63) is 71.9 Å². The number of carbonyl (C=O) groups excluding carboxylic acids is 4. The first-order chi connectivity index (χ1) is 24.8. The molecule has 3 aromatic rings. The molecule has 1 aromatic carbocycles. The number of rotatable bonds is 11. The number of nitrogens with one attached hydrogen (secondary N) is 2. The Balaban J connectivity index is 1.27. The molecular formula is C36H40F2N6O7S. The molecular weight excluding hydrogens is 698 g/mol. The zero-order valence-corrected chi connectivity index (χ0v) is 29.8. The number of pyridine rings is 2. The molecule has 0 radical (unpaired) electrons. The summed E-state index contributed by atoms with van der Waals surface area (Å²) in [6.07, 6.45) is 6.93. The van der Waals surface area contributed by atoms with Crippen LogP contribution >= 0.6 is 0 Å². The van der Waals surface area contributed by atoms with E-state index in [1.165, 1.54) is 42.7 Å². The molecule has 2 aliphatic rings. The Morgan fingerprint density at radius 3 is 2.50 bits per heavy atom. The third kappa shape index (κ3) is 10.2. The van der Waals surface area contributed by atoms with Gasteiger partial charge in [0, 0.05) is 61.1 Å². The van der Waals surface area contributed by atoms with Crippen LogP contribution in [0, 0.1) is 17.6 Å². The lowest BCUT2D eigenvalue weighted by molar-refractivity contribution is -0.137. The van der Waals surface area contributed by atoms with Gasteiger partial charge in [-0.3, -0.25) is 24.1 Å². The van der Waals surface area contributed by atoms with E-state index in [-0.39, 0.29) is 84.4 Å². The summed E-state index contributed by atoms with van der Waals surface area (Å²) in [6.45, 7) is 4.05. The maximum Gasteiger partial charge on any atom is 0.276 e. The van der Waals surface area contributed by atoms with Crippen LogP contribution in [-0.2, 0) is 34.7 Å². The van der Waals surface area contributed by atoms with Gasteiger partial charge in [-0.25, -0.2) is 18.0 Å². The van der Waals surface area contributed by atoms with Crippen LogP contribution in [0.2, 0.25) is 0 Å². The Morgan fingerprint density at radius 1 is 1.00 bits per heavy atom. The van der Waals surface area contributed by atoms with Crippen LogP contribution in [0.4, 0.5) is 20.4 Å². The van der Waals surface area contributed by atoms with Crippen molar-refractivity contribution in [3.63, 3.8) is 0 Å². The molecule has 4 amide bonds. The number of nitrogens with zero attached hydrogens (tertiary/aromatic N) is 4. The van der Waals surface area contributed by atoms with E-state index in [1.54, 1.807) is 26.0 Å². The molecule has 2 N–H and O–H groups in total. The number of fused-ring (bicyclic) bond motifs is 6. The van der Waals surface area contributed by atoms with E-state index in [2.05, 4.69) is 25.0 Å². The summed E-state index contributed by atoms with van der Waals surface area (Å²) in [4.78, 5) is 59.1. The minimum Gasteiger partial charge on any atom is -0.493 e. The van der Waals surface area contributed by atoms with Crippen molar-refractivity contribution in [3.8, 4) is 22.8 Å². The summed E-state index contributed by atoms with van der Waals surface area (Å²) in [5.41, 5.74) is 0.936. The van der Waals surface area contributed by atoms with E-state index in [1.807, 2.05) is 0 Å². The SMILES string of the molecule is CC(C)[C@@H](NC(=O)CCCCCN1C(=O)C=CC1=O)C(=O)N=S(C)(=O)Cc1cc2nc(c1)OCCCOc1cc(F)ccc1-c1cc(ncc1F)N2. The number of imide groups is 1. The van der Waals surface area contributed by atoms with Gasteiger partial charge < -0.3 is 20.1 Å². The van der Waals surface area contributed by atoms with E-state index in [4.69, 9.17) is 9.47 Å². The van der Waals surface area contributed by atoms with E-state index in [9.17, 15) is 32.2 Å². The van der Waals surface area contributed by atoms with Crippen molar-refractivity contribution in [2.75, 3.05) is 31.3 Å². The van der Waals surface area contributed by atoms with Gasteiger partial charge in [0.05, 0.1) is 34.9 Å². The standard InChI is InChI=1S/C36H40F2N6O7S/c1-22(2)35(42-31(45)8-5-4-6-13-44-33(46)11-12-34(44)47)36(48)43-52(3,49)21-23-16-30-40-29-19-26(27(38)20-39-29)25-10-9-24(37)18-28(25)50-14-7-15-51-32(17-23)41-30/h9-12,16-20,22,35H,4-8,13-15,21H2,1-3H3,(H,42,45)(H,39,40,41)/t35-,52?/m1/s1. The lowest BCUT2D eigenvalue weighted by Crippen LogP contribution is -2.44. The third-order valence-corrected chi connectivity index (χ3v) is 9.59. The molecule has 2 atom stereocenters. The van der Waals surface area contributed by atoms with Gasteiger partial charge in [0.2, 0.25) is 11.8 Å². The first-order valence-electron chi connectivity index (χ1n) is 16.8. The molecule has 0 aliphatic carbocycles. The van der Waals surface area contributed by atoms with Crippen molar-refractivity contribution >= 4 is 45.0 Å². The molecule has 13 nitrogen and oxygen atoms in total. The first-order valence-corrected chi connectivity index (χ1v) is 18.9. The van der Waals surface area contributed by atoms with Gasteiger partial charge in [0.25, 0.3) is 17.7 Å². The third-order valence-electron chi connectivity index (χ3n) is 8.16. The Hall–Kier alpha value is -5.25. The summed E-state index contributed by atoms with van der Waals surface area (Å²) >= 11 is 0. The van der Waals surface area contributed by atoms with Crippen molar-refractivity contribution in [2.45, 2.75) is 57.7 Å². The topological polar surface area (TPSA) is 169 Å². The van der Waals surface area contributed by atoms with Gasteiger partial charge in [-0.2, -0.15) is 9.35 Å². The average molecular weight is 739 g/mol. The number of hydrogen-bond donors (Lipinski definition) is 2. The fraction of sp³-hybridized carbons (Fsp3) is 0.389. The number of amides is 4. The molecule has 0 saturated heterocycles. The second kappa shape index (κ2) is 16.8. The number of hydrogen-bond acceptors (Lipinski definition) is 10. The molecule has 0 saturated carbocycles. The molecule has 4 heterocycles. The average Bonchev–Trinajstić information content (AvgIpc) is 3.39. The fourth-order valence-electron chi connectivity index (χ4n) is 5.61. The maximum atomic E-state index is 15.0. The number of unbranched alkanes of at least 4 members (excludes halogenated alkanes) is 2.